The summed E-state index contributed by atoms with van der Waals surface area (Å²) in [5.41, 5.74) is 0.313. The highest BCUT2D eigenvalue weighted by Gasteiger charge is 2.08. The molecule has 0 radical (unpaired) electrons. The number of carboxylic acid groups (broad SMARTS) is 1. The van der Waals surface area contributed by atoms with Crippen molar-refractivity contribution in [2.24, 2.45) is 0 Å². The fourth-order valence-corrected chi connectivity index (χ4v) is 1.17. The second-order valence-electron chi connectivity index (χ2n) is 3.24. The van der Waals surface area contributed by atoms with E-state index in [-0.39, 0.29) is 17.7 Å². The van der Waals surface area contributed by atoms with Crippen LogP contribution in [0, 0.1) is 5.82 Å². The molecule has 1 aromatic rings. The monoisotopic (exact) mass is 224 g/mol. The van der Waals surface area contributed by atoms with Crippen molar-refractivity contribution >= 4 is 5.97 Å². The van der Waals surface area contributed by atoms with Gasteiger partial charge in [-0.15, -0.1) is 6.58 Å². The van der Waals surface area contributed by atoms with Crippen molar-refractivity contribution < 1.29 is 19.0 Å². The van der Waals surface area contributed by atoms with Crippen LogP contribution in [0.1, 0.15) is 22.3 Å². The van der Waals surface area contributed by atoms with E-state index in [1.807, 2.05) is 0 Å². The molecule has 0 saturated heterocycles. The summed E-state index contributed by atoms with van der Waals surface area (Å²) >= 11 is 0. The Bertz CT molecular complexity index is 388. The van der Waals surface area contributed by atoms with Gasteiger partial charge in [0.15, 0.2) is 0 Å². The molecular weight excluding hydrogens is 211 g/mol. The highest BCUT2D eigenvalue weighted by molar-refractivity contribution is 5.87. The largest absolute Gasteiger partial charge is 0.478 e. The Kier molecular flexibility index (Phi) is 4.66. The second-order valence-corrected chi connectivity index (χ2v) is 3.24. The van der Waals surface area contributed by atoms with E-state index in [4.69, 9.17) is 9.84 Å². The van der Waals surface area contributed by atoms with Crippen molar-refractivity contribution in [2.45, 2.75) is 13.0 Å². The summed E-state index contributed by atoms with van der Waals surface area (Å²) in [6.07, 6.45) is 2.38. The maximum Gasteiger partial charge on any atom is 0.335 e. The van der Waals surface area contributed by atoms with Crippen LogP contribution in [0.4, 0.5) is 4.39 Å². The molecule has 0 bridgehead atoms. The molecule has 0 aliphatic rings. The Morgan fingerprint density at radius 2 is 2.31 bits per heavy atom. The van der Waals surface area contributed by atoms with Crippen LogP contribution in [-0.2, 0) is 11.3 Å². The van der Waals surface area contributed by atoms with Gasteiger partial charge in [0.05, 0.1) is 18.8 Å². The van der Waals surface area contributed by atoms with Gasteiger partial charge >= 0.3 is 5.97 Å². The normalized spacial score (nSPS) is 10.1. The minimum atomic E-state index is -1.08. The van der Waals surface area contributed by atoms with E-state index in [2.05, 4.69) is 6.58 Å². The average molecular weight is 224 g/mol. The van der Waals surface area contributed by atoms with Crippen LogP contribution in [0.3, 0.4) is 0 Å². The summed E-state index contributed by atoms with van der Waals surface area (Å²) < 4.78 is 18.4. The summed E-state index contributed by atoms with van der Waals surface area (Å²) in [4.78, 5) is 10.7. The number of aromatic carboxylic acids is 1. The molecular formula is C12H13FO3. The van der Waals surface area contributed by atoms with Crippen molar-refractivity contribution in [2.75, 3.05) is 6.61 Å². The Hall–Kier alpha value is -1.68. The molecule has 0 amide bonds. The van der Waals surface area contributed by atoms with Crippen LogP contribution >= 0.6 is 0 Å². The molecule has 0 spiro atoms. The third-order valence-electron chi connectivity index (χ3n) is 2.02. The number of hydrogen-bond acceptors (Lipinski definition) is 2. The van der Waals surface area contributed by atoms with Gasteiger partial charge in [0.25, 0.3) is 0 Å². The maximum absolute atomic E-state index is 13.2. The lowest BCUT2D eigenvalue weighted by Crippen LogP contribution is -2.02. The van der Waals surface area contributed by atoms with Crippen molar-refractivity contribution in [3.8, 4) is 0 Å². The predicted molar refractivity (Wildman–Crippen MR) is 57.8 cm³/mol. The quantitative estimate of drug-likeness (QED) is 0.596. The topological polar surface area (TPSA) is 46.5 Å². The Balaban J connectivity index is 2.66. The van der Waals surface area contributed by atoms with E-state index in [1.54, 1.807) is 6.08 Å². The number of carboxylic acids is 1. The molecule has 0 aliphatic carbocycles. The average Bonchev–Trinajstić information content (AvgIpc) is 2.26. The van der Waals surface area contributed by atoms with Crippen LogP contribution in [-0.4, -0.2) is 17.7 Å². The summed E-state index contributed by atoms with van der Waals surface area (Å²) in [7, 11) is 0. The first kappa shape index (κ1) is 12.4. The highest BCUT2D eigenvalue weighted by atomic mass is 19.1. The second kappa shape index (κ2) is 6.02. The van der Waals surface area contributed by atoms with Gasteiger partial charge in [-0.05, 0) is 24.6 Å². The standard InChI is InChI=1S/C12H13FO3/c1-2-3-6-16-8-10-7-9(12(14)15)4-5-11(10)13/h2,4-5,7H,1,3,6,8H2,(H,14,15). The van der Waals surface area contributed by atoms with Gasteiger partial charge in [0.2, 0.25) is 0 Å². The van der Waals surface area contributed by atoms with E-state index in [0.717, 1.165) is 6.07 Å². The first-order chi connectivity index (χ1) is 7.65. The summed E-state index contributed by atoms with van der Waals surface area (Å²) in [6.45, 7) is 4.04. The molecule has 0 aliphatic heterocycles. The number of ether oxygens (including phenoxy) is 1. The van der Waals surface area contributed by atoms with Gasteiger partial charge in [0.1, 0.15) is 5.82 Å². The number of halogens is 1. The van der Waals surface area contributed by atoms with Crippen LogP contribution < -0.4 is 0 Å². The zero-order valence-electron chi connectivity index (χ0n) is 8.78. The van der Waals surface area contributed by atoms with E-state index >= 15 is 0 Å². The summed E-state index contributed by atoms with van der Waals surface area (Å²) in [6, 6.07) is 3.64. The fourth-order valence-electron chi connectivity index (χ4n) is 1.17. The molecule has 4 heteroatoms. The molecule has 1 rings (SSSR count). The molecule has 16 heavy (non-hydrogen) atoms. The van der Waals surface area contributed by atoms with Crippen LogP contribution in [0.15, 0.2) is 30.9 Å². The van der Waals surface area contributed by atoms with Crippen molar-refractivity contribution in [3.05, 3.63) is 47.8 Å². The smallest absolute Gasteiger partial charge is 0.335 e. The molecule has 0 aromatic heterocycles. The Labute approximate surface area is 93.2 Å². The van der Waals surface area contributed by atoms with Crippen LogP contribution in [0.25, 0.3) is 0 Å². The lowest BCUT2D eigenvalue weighted by Gasteiger charge is -2.05. The van der Waals surface area contributed by atoms with Gasteiger partial charge < -0.3 is 9.84 Å². The molecule has 0 heterocycles. The number of rotatable bonds is 6. The van der Waals surface area contributed by atoms with Crippen molar-refractivity contribution in [3.63, 3.8) is 0 Å². The van der Waals surface area contributed by atoms with Crippen molar-refractivity contribution in [1.29, 1.82) is 0 Å². The molecule has 0 saturated carbocycles. The molecule has 1 aromatic carbocycles. The van der Waals surface area contributed by atoms with Gasteiger partial charge in [0, 0.05) is 5.56 Å². The van der Waals surface area contributed by atoms with Crippen LogP contribution in [0.2, 0.25) is 0 Å². The number of hydrogen-bond donors (Lipinski definition) is 1. The first-order valence-electron chi connectivity index (χ1n) is 4.85. The highest BCUT2D eigenvalue weighted by Crippen LogP contribution is 2.12. The van der Waals surface area contributed by atoms with Gasteiger partial charge in [-0.3, -0.25) is 0 Å². The molecule has 0 unspecified atom stereocenters. The van der Waals surface area contributed by atoms with E-state index in [9.17, 15) is 9.18 Å². The van der Waals surface area contributed by atoms with E-state index in [0.29, 0.717) is 13.0 Å². The molecule has 86 valence electrons. The van der Waals surface area contributed by atoms with E-state index < -0.39 is 11.8 Å². The van der Waals surface area contributed by atoms with Gasteiger partial charge in [-0.2, -0.15) is 0 Å². The minimum Gasteiger partial charge on any atom is -0.478 e. The third-order valence-corrected chi connectivity index (χ3v) is 2.02. The first-order valence-corrected chi connectivity index (χ1v) is 4.85. The van der Waals surface area contributed by atoms with Gasteiger partial charge in [-0.25, -0.2) is 9.18 Å². The Morgan fingerprint density at radius 1 is 1.56 bits per heavy atom. The summed E-state index contributed by atoms with van der Waals surface area (Å²) in [5, 5.41) is 8.73. The number of carbonyl (C=O) groups is 1. The zero-order chi connectivity index (χ0) is 12.0. The summed E-state index contributed by atoms with van der Waals surface area (Å²) in [5.74, 6) is -1.53. The fraction of sp³-hybridized carbons (Fsp3) is 0.250. The minimum absolute atomic E-state index is 0.0590. The lowest BCUT2D eigenvalue weighted by molar-refractivity contribution is 0.0696. The lowest BCUT2D eigenvalue weighted by atomic mass is 10.1. The molecule has 3 nitrogen and oxygen atoms in total. The maximum atomic E-state index is 13.2. The SMILES string of the molecule is C=CCCOCc1cc(C(=O)O)ccc1F. The Morgan fingerprint density at radius 3 is 2.94 bits per heavy atom. The molecule has 0 fully saturated rings. The van der Waals surface area contributed by atoms with E-state index in [1.165, 1.54) is 12.1 Å². The molecule has 1 N–H and O–H groups in total. The van der Waals surface area contributed by atoms with Crippen LogP contribution in [0.5, 0.6) is 0 Å². The third kappa shape index (κ3) is 3.47. The zero-order valence-corrected chi connectivity index (χ0v) is 8.78. The van der Waals surface area contributed by atoms with Crippen molar-refractivity contribution in [1.82, 2.24) is 0 Å². The van der Waals surface area contributed by atoms with Gasteiger partial charge in [-0.1, -0.05) is 6.08 Å². The predicted octanol–water partition coefficient (Wildman–Crippen LogP) is 2.62. The number of benzene rings is 1. The molecule has 0 atom stereocenters.